The van der Waals surface area contributed by atoms with E-state index in [1.807, 2.05) is 19.1 Å². The Kier molecular flexibility index (Phi) is 4.63. The van der Waals surface area contributed by atoms with E-state index >= 15 is 0 Å². The van der Waals surface area contributed by atoms with E-state index in [4.69, 9.17) is 4.98 Å². The molecule has 6 heteroatoms. The number of anilines is 1. The van der Waals surface area contributed by atoms with Crippen LogP contribution in [0.4, 0.5) is 5.82 Å². The summed E-state index contributed by atoms with van der Waals surface area (Å²) in [5, 5.41) is 10.1. The first-order chi connectivity index (χ1) is 12.2. The Bertz CT molecular complexity index is 715. The van der Waals surface area contributed by atoms with Gasteiger partial charge in [-0.15, -0.1) is 0 Å². The smallest absolute Gasteiger partial charge is 0.163 e. The van der Waals surface area contributed by atoms with Crippen molar-refractivity contribution < 1.29 is 5.11 Å². The maximum atomic E-state index is 10.1. The zero-order valence-corrected chi connectivity index (χ0v) is 14.7. The highest BCUT2D eigenvalue weighted by Gasteiger charge is 2.32. The molecule has 6 nitrogen and oxygen atoms in total. The summed E-state index contributed by atoms with van der Waals surface area (Å²) in [5.41, 5.74) is 1.91. The maximum absolute atomic E-state index is 10.1. The van der Waals surface area contributed by atoms with Crippen molar-refractivity contribution >= 4 is 5.82 Å². The van der Waals surface area contributed by atoms with Crippen LogP contribution in [0.3, 0.4) is 0 Å². The van der Waals surface area contributed by atoms with Gasteiger partial charge in [-0.2, -0.15) is 0 Å². The monoisotopic (exact) mass is 339 g/mol. The second-order valence-corrected chi connectivity index (χ2v) is 7.02. The van der Waals surface area contributed by atoms with Crippen molar-refractivity contribution in [3.05, 3.63) is 36.3 Å². The number of aryl methyl sites for hydroxylation is 1. The fourth-order valence-electron chi connectivity index (χ4n) is 3.97. The number of aliphatic hydroxyl groups is 1. The highest BCUT2D eigenvalue weighted by molar-refractivity contribution is 5.56. The number of hydrogen-bond acceptors (Lipinski definition) is 6. The molecule has 4 rings (SSSR count). The van der Waals surface area contributed by atoms with Crippen LogP contribution in [-0.2, 0) is 0 Å². The third kappa shape index (κ3) is 3.50. The van der Waals surface area contributed by atoms with Gasteiger partial charge in [-0.25, -0.2) is 9.97 Å². The van der Waals surface area contributed by atoms with Crippen molar-refractivity contribution in [2.75, 3.05) is 31.1 Å². The van der Waals surface area contributed by atoms with Crippen LogP contribution in [0.5, 0.6) is 0 Å². The van der Waals surface area contributed by atoms with Crippen molar-refractivity contribution in [3.63, 3.8) is 0 Å². The van der Waals surface area contributed by atoms with Gasteiger partial charge < -0.3 is 10.0 Å². The van der Waals surface area contributed by atoms with Crippen LogP contribution in [0, 0.1) is 6.92 Å². The first-order valence-corrected chi connectivity index (χ1v) is 9.14. The number of aromatic nitrogens is 3. The van der Waals surface area contributed by atoms with Gasteiger partial charge in [0, 0.05) is 61.9 Å². The zero-order chi connectivity index (χ0) is 17.2. The van der Waals surface area contributed by atoms with Crippen molar-refractivity contribution in [1.82, 2.24) is 19.9 Å². The summed E-state index contributed by atoms with van der Waals surface area (Å²) in [6.07, 6.45) is 6.63. The number of pyridine rings is 1. The normalized spacial score (nSPS) is 24.6. The minimum atomic E-state index is -0.148. The fraction of sp³-hybridized carbons (Fsp3) is 0.526. The van der Waals surface area contributed by atoms with E-state index in [-0.39, 0.29) is 6.10 Å². The molecule has 0 aromatic carbocycles. The number of hydrogen-bond donors (Lipinski definition) is 1. The standard InChI is InChI=1S/C19H25N5O/c1-14-12-18(22-19(21-14)15-4-3-7-20-13-15)24-10-8-23(9-11-24)16-5-2-6-17(16)25/h3-4,7,12-13,16-17,25H,2,5-6,8-11H2,1H3/t16-,17+/m0/s1. The molecule has 1 N–H and O–H groups in total. The highest BCUT2D eigenvalue weighted by Crippen LogP contribution is 2.26. The van der Waals surface area contributed by atoms with Gasteiger partial charge >= 0.3 is 0 Å². The molecule has 2 aliphatic rings. The molecule has 25 heavy (non-hydrogen) atoms. The lowest BCUT2D eigenvalue weighted by molar-refractivity contribution is 0.0671. The van der Waals surface area contributed by atoms with Crippen molar-refractivity contribution in [1.29, 1.82) is 0 Å². The minimum Gasteiger partial charge on any atom is -0.391 e. The van der Waals surface area contributed by atoms with Gasteiger partial charge in [-0.1, -0.05) is 0 Å². The molecule has 1 saturated carbocycles. The van der Waals surface area contributed by atoms with Crippen LogP contribution in [-0.4, -0.2) is 63.3 Å². The van der Waals surface area contributed by atoms with E-state index in [0.717, 1.165) is 68.3 Å². The van der Waals surface area contributed by atoms with E-state index < -0.39 is 0 Å². The molecule has 2 atom stereocenters. The molecule has 0 bridgehead atoms. The lowest BCUT2D eigenvalue weighted by Crippen LogP contribution is -2.52. The van der Waals surface area contributed by atoms with Crippen molar-refractivity contribution in [3.8, 4) is 11.4 Å². The molecule has 3 heterocycles. The van der Waals surface area contributed by atoms with E-state index in [0.29, 0.717) is 6.04 Å². The van der Waals surface area contributed by atoms with Gasteiger partial charge in [0.2, 0.25) is 0 Å². The lowest BCUT2D eigenvalue weighted by atomic mass is 10.1. The zero-order valence-electron chi connectivity index (χ0n) is 14.7. The molecule has 0 amide bonds. The summed E-state index contributed by atoms with van der Waals surface area (Å²) in [5.74, 6) is 1.72. The molecule has 0 radical (unpaired) electrons. The Labute approximate surface area is 148 Å². The van der Waals surface area contributed by atoms with Gasteiger partial charge in [-0.05, 0) is 38.3 Å². The molecule has 2 aromatic rings. The summed E-state index contributed by atoms with van der Waals surface area (Å²) >= 11 is 0. The molecule has 132 valence electrons. The average molecular weight is 339 g/mol. The fourth-order valence-corrected chi connectivity index (χ4v) is 3.97. The summed E-state index contributed by atoms with van der Waals surface area (Å²) in [6.45, 7) is 5.84. The topological polar surface area (TPSA) is 65.4 Å². The van der Waals surface area contributed by atoms with Gasteiger partial charge in [0.15, 0.2) is 5.82 Å². The van der Waals surface area contributed by atoms with E-state index in [9.17, 15) is 5.11 Å². The highest BCUT2D eigenvalue weighted by atomic mass is 16.3. The Hall–Kier alpha value is -2.05. The van der Waals surface area contributed by atoms with Crippen LogP contribution in [0.25, 0.3) is 11.4 Å². The molecule has 2 aromatic heterocycles. The number of aliphatic hydroxyl groups excluding tert-OH is 1. The van der Waals surface area contributed by atoms with Crippen LogP contribution in [0.2, 0.25) is 0 Å². The van der Waals surface area contributed by atoms with E-state index in [2.05, 4.69) is 25.8 Å². The molecule has 2 fully saturated rings. The minimum absolute atomic E-state index is 0.148. The van der Waals surface area contributed by atoms with Crippen LogP contribution in [0.1, 0.15) is 25.0 Å². The predicted molar refractivity (Wildman–Crippen MR) is 97.4 cm³/mol. The average Bonchev–Trinajstić information content (AvgIpc) is 3.08. The lowest BCUT2D eigenvalue weighted by Gasteiger charge is -2.39. The first kappa shape index (κ1) is 16.4. The van der Waals surface area contributed by atoms with Crippen LogP contribution < -0.4 is 4.90 Å². The molecule has 1 saturated heterocycles. The number of nitrogens with zero attached hydrogens (tertiary/aromatic N) is 5. The van der Waals surface area contributed by atoms with E-state index in [1.165, 1.54) is 0 Å². The SMILES string of the molecule is Cc1cc(N2CCN([C@H]3CCC[C@H]3O)CC2)nc(-c2cccnc2)n1. The summed E-state index contributed by atoms with van der Waals surface area (Å²) in [4.78, 5) is 18.3. The van der Waals surface area contributed by atoms with Crippen LogP contribution in [0.15, 0.2) is 30.6 Å². The van der Waals surface area contributed by atoms with Crippen molar-refractivity contribution in [2.45, 2.75) is 38.3 Å². The van der Waals surface area contributed by atoms with Gasteiger partial charge in [-0.3, -0.25) is 9.88 Å². The largest absolute Gasteiger partial charge is 0.391 e. The van der Waals surface area contributed by atoms with Gasteiger partial charge in [0.1, 0.15) is 5.82 Å². The molecular weight excluding hydrogens is 314 g/mol. The third-order valence-electron chi connectivity index (χ3n) is 5.31. The predicted octanol–water partition coefficient (Wildman–Crippen LogP) is 1.88. The second-order valence-electron chi connectivity index (χ2n) is 7.02. The Morgan fingerprint density at radius 1 is 1.12 bits per heavy atom. The Morgan fingerprint density at radius 2 is 1.96 bits per heavy atom. The van der Waals surface area contributed by atoms with Crippen LogP contribution >= 0.6 is 0 Å². The summed E-state index contributed by atoms with van der Waals surface area (Å²) in [7, 11) is 0. The Morgan fingerprint density at radius 3 is 2.64 bits per heavy atom. The molecule has 1 aliphatic carbocycles. The summed E-state index contributed by atoms with van der Waals surface area (Å²) < 4.78 is 0. The number of piperazine rings is 1. The first-order valence-electron chi connectivity index (χ1n) is 9.14. The number of rotatable bonds is 3. The van der Waals surface area contributed by atoms with Crippen molar-refractivity contribution in [2.24, 2.45) is 0 Å². The second kappa shape index (κ2) is 7.06. The third-order valence-corrected chi connectivity index (χ3v) is 5.31. The molecule has 0 spiro atoms. The molecular formula is C19H25N5O. The molecule has 0 unspecified atom stereocenters. The Balaban J connectivity index is 1.49. The summed E-state index contributed by atoms with van der Waals surface area (Å²) in [6, 6.07) is 6.30. The maximum Gasteiger partial charge on any atom is 0.163 e. The molecule has 1 aliphatic heterocycles. The van der Waals surface area contributed by atoms with Gasteiger partial charge in [0.05, 0.1) is 6.10 Å². The van der Waals surface area contributed by atoms with E-state index in [1.54, 1.807) is 12.4 Å². The quantitative estimate of drug-likeness (QED) is 0.921. The van der Waals surface area contributed by atoms with Gasteiger partial charge in [0.25, 0.3) is 0 Å².